The highest BCUT2D eigenvalue weighted by molar-refractivity contribution is 8.18. The first kappa shape index (κ1) is 23.1. The first-order valence-corrected chi connectivity index (χ1v) is 12.1. The van der Waals surface area contributed by atoms with E-state index in [4.69, 9.17) is 16.3 Å². The summed E-state index contributed by atoms with van der Waals surface area (Å²) in [5.41, 5.74) is 1.82. The molecule has 1 aliphatic heterocycles. The van der Waals surface area contributed by atoms with Gasteiger partial charge >= 0.3 is 0 Å². The Balaban J connectivity index is 1.50. The summed E-state index contributed by atoms with van der Waals surface area (Å²) in [4.78, 5) is 27.1. The van der Waals surface area contributed by atoms with E-state index in [-0.39, 0.29) is 22.0 Å². The van der Waals surface area contributed by atoms with Crippen LogP contribution in [0.2, 0.25) is 5.02 Å². The molecule has 0 bridgehead atoms. The molecule has 1 heterocycles. The maximum atomic E-state index is 14.3. The maximum absolute atomic E-state index is 14.3. The van der Waals surface area contributed by atoms with Crippen LogP contribution < -0.4 is 4.74 Å². The molecule has 7 heteroatoms. The fourth-order valence-electron chi connectivity index (χ4n) is 3.89. The lowest BCUT2D eigenvalue weighted by atomic mass is 10.0. The predicted octanol–water partition coefficient (Wildman–Crippen LogP) is 7.45. The third kappa shape index (κ3) is 4.81. The second-order valence-corrected chi connectivity index (χ2v) is 9.34. The summed E-state index contributed by atoms with van der Waals surface area (Å²) in [5, 5.41) is 1.55. The van der Waals surface area contributed by atoms with Crippen molar-refractivity contribution in [1.82, 2.24) is 4.90 Å². The van der Waals surface area contributed by atoms with Gasteiger partial charge < -0.3 is 4.74 Å². The van der Waals surface area contributed by atoms with E-state index in [2.05, 4.69) is 0 Å². The molecule has 2 amide bonds. The Morgan fingerprint density at radius 1 is 0.914 bits per heavy atom. The Morgan fingerprint density at radius 2 is 1.69 bits per heavy atom. The number of ether oxygens (including phenoxy) is 1. The van der Waals surface area contributed by atoms with E-state index >= 15 is 0 Å². The van der Waals surface area contributed by atoms with Gasteiger partial charge in [-0.2, -0.15) is 0 Å². The lowest BCUT2D eigenvalue weighted by Gasteiger charge is -2.14. The van der Waals surface area contributed by atoms with Gasteiger partial charge in [-0.15, -0.1) is 0 Å². The van der Waals surface area contributed by atoms with E-state index in [1.165, 1.54) is 18.2 Å². The number of benzene rings is 4. The highest BCUT2D eigenvalue weighted by Crippen LogP contribution is 2.38. The van der Waals surface area contributed by atoms with Gasteiger partial charge in [-0.3, -0.25) is 14.5 Å². The SMILES string of the molecule is O=C1S/C(=C/c2c(OCc3ccccc3)ccc3ccccc23)C(=O)N1Cc1c(F)cccc1Cl. The number of rotatable bonds is 6. The molecule has 1 fully saturated rings. The largest absolute Gasteiger partial charge is 0.488 e. The molecule has 1 saturated heterocycles. The number of fused-ring (bicyclic) bond motifs is 1. The summed E-state index contributed by atoms with van der Waals surface area (Å²) < 4.78 is 20.4. The fraction of sp³-hybridized carbons (Fsp3) is 0.0714. The summed E-state index contributed by atoms with van der Waals surface area (Å²) in [5.74, 6) is -0.469. The van der Waals surface area contributed by atoms with Crippen LogP contribution in [0.15, 0.2) is 89.8 Å². The van der Waals surface area contributed by atoms with Gasteiger partial charge in [0.05, 0.1) is 11.4 Å². The Hall–Kier alpha value is -3.61. The van der Waals surface area contributed by atoms with Crippen LogP contribution >= 0.6 is 23.4 Å². The van der Waals surface area contributed by atoms with Crippen LogP contribution in [0.25, 0.3) is 16.8 Å². The lowest BCUT2D eigenvalue weighted by Crippen LogP contribution is -2.28. The van der Waals surface area contributed by atoms with Crippen LogP contribution in [-0.4, -0.2) is 16.0 Å². The van der Waals surface area contributed by atoms with E-state index < -0.39 is 17.0 Å². The van der Waals surface area contributed by atoms with E-state index in [0.29, 0.717) is 17.9 Å². The van der Waals surface area contributed by atoms with Crippen molar-refractivity contribution in [1.29, 1.82) is 0 Å². The zero-order valence-corrected chi connectivity index (χ0v) is 20.0. The number of nitrogens with zero attached hydrogens (tertiary/aromatic N) is 1. The van der Waals surface area contributed by atoms with Crippen molar-refractivity contribution in [2.45, 2.75) is 13.2 Å². The molecule has 0 N–H and O–H groups in total. The van der Waals surface area contributed by atoms with E-state index in [9.17, 15) is 14.0 Å². The molecule has 0 unspecified atom stereocenters. The summed E-state index contributed by atoms with van der Waals surface area (Å²) in [6, 6.07) is 25.6. The molecule has 35 heavy (non-hydrogen) atoms. The Bertz CT molecular complexity index is 1450. The number of thioether (sulfide) groups is 1. The van der Waals surface area contributed by atoms with Gasteiger partial charge in [-0.25, -0.2) is 4.39 Å². The van der Waals surface area contributed by atoms with E-state index in [0.717, 1.165) is 33.0 Å². The highest BCUT2D eigenvalue weighted by Gasteiger charge is 2.36. The van der Waals surface area contributed by atoms with Crippen LogP contribution in [0.1, 0.15) is 16.7 Å². The number of imide groups is 1. The van der Waals surface area contributed by atoms with Crippen molar-refractivity contribution < 1.29 is 18.7 Å². The maximum Gasteiger partial charge on any atom is 0.293 e. The van der Waals surface area contributed by atoms with Crippen molar-refractivity contribution in [2.24, 2.45) is 0 Å². The van der Waals surface area contributed by atoms with Crippen LogP contribution in [0.3, 0.4) is 0 Å². The average Bonchev–Trinajstić information content (AvgIpc) is 3.13. The molecule has 1 aliphatic rings. The van der Waals surface area contributed by atoms with Crippen LogP contribution in [0.5, 0.6) is 5.75 Å². The minimum atomic E-state index is -0.564. The van der Waals surface area contributed by atoms with Gasteiger partial charge in [0, 0.05) is 16.1 Å². The van der Waals surface area contributed by atoms with E-state index in [1.54, 1.807) is 6.08 Å². The smallest absolute Gasteiger partial charge is 0.293 e. The zero-order chi connectivity index (χ0) is 24.4. The molecule has 5 rings (SSSR count). The second-order valence-electron chi connectivity index (χ2n) is 7.94. The molecular weight excluding hydrogens is 485 g/mol. The molecular formula is C28H19ClFNO3S. The summed E-state index contributed by atoms with van der Waals surface area (Å²) >= 11 is 6.93. The number of amides is 2. The Morgan fingerprint density at radius 3 is 2.49 bits per heavy atom. The van der Waals surface area contributed by atoms with E-state index in [1.807, 2.05) is 66.7 Å². The number of hydrogen-bond donors (Lipinski definition) is 0. The lowest BCUT2D eigenvalue weighted by molar-refractivity contribution is -0.123. The molecule has 0 radical (unpaired) electrons. The second kappa shape index (κ2) is 9.94. The molecule has 4 nitrogen and oxygen atoms in total. The molecule has 0 atom stereocenters. The topological polar surface area (TPSA) is 46.6 Å². The number of carbonyl (C=O) groups excluding carboxylic acids is 2. The van der Waals surface area contributed by atoms with Crippen LogP contribution in [-0.2, 0) is 17.9 Å². The fourth-order valence-corrected chi connectivity index (χ4v) is 4.94. The van der Waals surface area contributed by atoms with Gasteiger partial charge in [0.15, 0.2) is 0 Å². The first-order chi connectivity index (χ1) is 17.0. The predicted molar refractivity (Wildman–Crippen MR) is 138 cm³/mol. The zero-order valence-electron chi connectivity index (χ0n) is 18.4. The molecule has 4 aromatic rings. The van der Waals surface area contributed by atoms with Crippen molar-refractivity contribution in [3.05, 3.63) is 117 Å². The van der Waals surface area contributed by atoms with Crippen molar-refractivity contribution in [3.8, 4) is 5.75 Å². The van der Waals surface area contributed by atoms with Gasteiger partial charge in [0.2, 0.25) is 0 Å². The Kier molecular flexibility index (Phi) is 6.57. The molecule has 0 saturated carbocycles. The highest BCUT2D eigenvalue weighted by atomic mass is 35.5. The van der Waals surface area contributed by atoms with Gasteiger partial charge in [-0.1, -0.05) is 78.3 Å². The first-order valence-electron chi connectivity index (χ1n) is 10.9. The minimum absolute atomic E-state index is 0.106. The number of carbonyl (C=O) groups is 2. The average molecular weight is 504 g/mol. The third-order valence-corrected chi connectivity index (χ3v) is 6.96. The summed E-state index contributed by atoms with van der Waals surface area (Å²) in [6.07, 6.45) is 1.68. The Labute approximate surface area is 211 Å². The van der Waals surface area contributed by atoms with Gasteiger partial charge in [-0.05, 0) is 52.4 Å². The third-order valence-electron chi connectivity index (χ3n) is 5.69. The molecule has 0 aromatic heterocycles. The monoisotopic (exact) mass is 503 g/mol. The van der Waals surface area contributed by atoms with Crippen molar-refractivity contribution >= 4 is 51.4 Å². The normalized spacial score (nSPS) is 14.8. The van der Waals surface area contributed by atoms with Crippen molar-refractivity contribution in [3.63, 3.8) is 0 Å². The quantitative estimate of drug-likeness (QED) is 0.256. The standard InChI is InChI=1S/C28H19ClFNO3S/c29-23-11-6-12-24(30)22(23)16-31-27(32)26(35-28(31)33)15-21-20-10-5-4-9-19(20)13-14-25(21)34-17-18-7-2-1-3-8-18/h1-15H,16-17H2/b26-15+. The molecule has 174 valence electrons. The number of hydrogen-bond acceptors (Lipinski definition) is 4. The van der Waals surface area contributed by atoms with Gasteiger partial charge in [0.1, 0.15) is 18.2 Å². The molecule has 4 aromatic carbocycles. The molecule has 0 aliphatic carbocycles. The van der Waals surface area contributed by atoms with Crippen molar-refractivity contribution in [2.75, 3.05) is 0 Å². The van der Waals surface area contributed by atoms with Gasteiger partial charge in [0.25, 0.3) is 11.1 Å². The number of halogens is 2. The summed E-state index contributed by atoms with van der Waals surface area (Å²) in [6.45, 7) is 0.119. The van der Waals surface area contributed by atoms with Crippen LogP contribution in [0.4, 0.5) is 9.18 Å². The summed E-state index contributed by atoms with van der Waals surface area (Å²) in [7, 11) is 0. The molecule has 0 spiro atoms. The minimum Gasteiger partial charge on any atom is -0.488 e. The van der Waals surface area contributed by atoms with Crippen LogP contribution in [0, 0.1) is 5.82 Å².